The van der Waals surface area contributed by atoms with Gasteiger partial charge in [0.05, 0.1) is 6.07 Å². The van der Waals surface area contributed by atoms with Crippen LogP contribution in [0.5, 0.6) is 0 Å². The van der Waals surface area contributed by atoms with Crippen molar-refractivity contribution < 1.29 is 14.3 Å². The van der Waals surface area contributed by atoms with Crippen molar-refractivity contribution in [2.45, 2.75) is 26.1 Å². The quantitative estimate of drug-likeness (QED) is 0.721. The smallest absolute Gasteiger partial charge is 0.219 e. The molecule has 1 rings (SSSR count). The van der Waals surface area contributed by atoms with E-state index >= 15 is 0 Å². The van der Waals surface area contributed by atoms with E-state index < -0.39 is 18.0 Å². The van der Waals surface area contributed by atoms with Gasteiger partial charge in [0.2, 0.25) is 12.1 Å². The van der Waals surface area contributed by atoms with Crippen LogP contribution in [0.2, 0.25) is 5.02 Å². The molecule has 19 heavy (non-hydrogen) atoms. The third kappa shape index (κ3) is 4.32. The van der Waals surface area contributed by atoms with Crippen molar-refractivity contribution in [3.63, 3.8) is 0 Å². The maximum atomic E-state index is 12.2. The number of ketones is 1. The number of Topliss-reactive ketones (excluding diaryl/α,β-unsaturated/α-hetero) is 1. The molecule has 0 heterocycles. The zero-order chi connectivity index (χ0) is 14.3. The van der Waals surface area contributed by atoms with Crippen LogP contribution in [0.25, 0.3) is 0 Å². The summed E-state index contributed by atoms with van der Waals surface area (Å²) in [5.41, 5.74) is 0.585. The highest BCUT2D eigenvalue weighted by Gasteiger charge is 2.29. The van der Waals surface area contributed by atoms with Crippen LogP contribution < -0.4 is 0 Å². The summed E-state index contributed by atoms with van der Waals surface area (Å²) in [4.78, 5) is 12.2. The topological polar surface area (TPSA) is 59.3 Å². The van der Waals surface area contributed by atoms with Crippen molar-refractivity contribution in [2.24, 2.45) is 0 Å². The van der Waals surface area contributed by atoms with E-state index in [-0.39, 0.29) is 0 Å². The third-order valence-electron chi connectivity index (χ3n) is 2.49. The van der Waals surface area contributed by atoms with Crippen LogP contribution in [-0.2, 0) is 14.3 Å². The molecule has 0 aliphatic carbocycles. The van der Waals surface area contributed by atoms with Crippen molar-refractivity contribution in [3.8, 4) is 6.07 Å². The molecule has 0 N–H and O–H groups in total. The summed E-state index contributed by atoms with van der Waals surface area (Å²) in [6, 6.07) is 8.58. The molecule has 0 aliphatic rings. The van der Waals surface area contributed by atoms with Gasteiger partial charge in [-0.15, -0.1) is 0 Å². The Bertz CT molecular complexity index is 447. The van der Waals surface area contributed by atoms with Gasteiger partial charge >= 0.3 is 0 Å². The zero-order valence-corrected chi connectivity index (χ0v) is 11.7. The molecule has 0 fully saturated rings. The van der Waals surface area contributed by atoms with E-state index in [0.29, 0.717) is 23.8 Å². The zero-order valence-electron chi connectivity index (χ0n) is 10.9. The summed E-state index contributed by atoms with van der Waals surface area (Å²) < 4.78 is 10.4. The van der Waals surface area contributed by atoms with Crippen molar-refractivity contribution >= 4 is 17.4 Å². The molecule has 0 bridgehead atoms. The molecule has 0 aromatic heterocycles. The Hall–Kier alpha value is -1.41. The SMILES string of the molecule is CCOC(OCC)C(=O)[C@H](C#N)c1ccc(Cl)cc1. The number of nitriles is 1. The molecular formula is C14H16ClNO3. The summed E-state index contributed by atoms with van der Waals surface area (Å²) in [6.45, 7) is 4.22. The maximum Gasteiger partial charge on any atom is 0.219 e. The van der Waals surface area contributed by atoms with Gasteiger partial charge in [0.15, 0.2) is 0 Å². The second-order valence-electron chi connectivity index (χ2n) is 3.76. The summed E-state index contributed by atoms with van der Waals surface area (Å²) in [6.07, 6.45) is -1.00. The third-order valence-corrected chi connectivity index (χ3v) is 2.74. The molecule has 0 saturated carbocycles. The lowest BCUT2D eigenvalue weighted by Gasteiger charge is -2.18. The van der Waals surface area contributed by atoms with Gasteiger partial charge in [-0.1, -0.05) is 23.7 Å². The van der Waals surface area contributed by atoms with Crippen LogP contribution in [0.3, 0.4) is 0 Å². The highest BCUT2D eigenvalue weighted by molar-refractivity contribution is 6.30. The summed E-state index contributed by atoms with van der Waals surface area (Å²) >= 11 is 5.78. The first-order valence-electron chi connectivity index (χ1n) is 6.06. The van der Waals surface area contributed by atoms with E-state index in [0.717, 1.165) is 0 Å². The number of hydrogen-bond acceptors (Lipinski definition) is 4. The molecule has 0 saturated heterocycles. The van der Waals surface area contributed by atoms with E-state index in [2.05, 4.69) is 0 Å². The fourth-order valence-corrected chi connectivity index (χ4v) is 1.73. The van der Waals surface area contributed by atoms with Crippen molar-refractivity contribution in [1.82, 2.24) is 0 Å². The first-order valence-corrected chi connectivity index (χ1v) is 6.43. The van der Waals surface area contributed by atoms with Gasteiger partial charge < -0.3 is 9.47 Å². The van der Waals surface area contributed by atoms with Gasteiger partial charge in [0.1, 0.15) is 5.92 Å². The Labute approximate surface area is 117 Å². The molecule has 0 amide bonds. The normalized spacial score (nSPS) is 12.2. The van der Waals surface area contributed by atoms with Crippen molar-refractivity contribution in [2.75, 3.05) is 13.2 Å². The molecule has 1 aromatic carbocycles. The monoisotopic (exact) mass is 281 g/mol. The number of carbonyl (C=O) groups is 1. The lowest BCUT2D eigenvalue weighted by atomic mass is 9.96. The molecule has 0 radical (unpaired) electrons. The van der Waals surface area contributed by atoms with Crippen LogP contribution in [0.15, 0.2) is 24.3 Å². The number of halogens is 1. The average molecular weight is 282 g/mol. The van der Waals surface area contributed by atoms with Crippen LogP contribution in [0.4, 0.5) is 0 Å². The molecule has 1 atom stereocenters. The molecular weight excluding hydrogens is 266 g/mol. The Balaban J connectivity index is 2.92. The molecule has 0 spiro atoms. The number of nitrogens with zero attached hydrogens (tertiary/aromatic N) is 1. The van der Waals surface area contributed by atoms with Crippen LogP contribution in [0, 0.1) is 11.3 Å². The number of rotatable bonds is 7. The van der Waals surface area contributed by atoms with Gasteiger partial charge in [0, 0.05) is 18.2 Å². The Morgan fingerprint density at radius 2 is 1.79 bits per heavy atom. The lowest BCUT2D eigenvalue weighted by Crippen LogP contribution is -2.31. The number of benzene rings is 1. The van der Waals surface area contributed by atoms with Gasteiger partial charge in [-0.3, -0.25) is 4.79 Å². The minimum atomic E-state index is -1.00. The van der Waals surface area contributed by atoms with Crippen molar-refractivity contribution in [3.05, 3.63) is 34.9 Å². The first-order chi connectivity index (χ1) is 9.13. The van der Waals surface area contributed by atoms with Crippen LogP contribution >= 0.6 is 11.6 Å². The molecule has 102 valence electrons. The fourth-order valence-electron chi connectivity index (χ4n) is 1.61. The van der Waals surface area contributed by atoms with E-state index in [1.54, 1.807) is 38.1 Å². The summed E-state index contributed by atoms with van der Waals surface area (Å²) in [5, 5.41) is 9.74. The molecule has 1 aromatic rings. The van der Waals surface area contributed by atoms with Gasteiger partial charge in [0.25, 0.3) is 0 Å². The van der Waals surface area contributed by atoms with E-state index in [4.69, 9.17) is 21.1 Å². The summed E-state index contributed by atoms with van der Waals surface area (Å²) in [7, 11) is 0. The Morgan fingerprint density at radius 1 is 1.26 bits per heavy atom. The number of hydrogen-bond donors (Lipinski definition) is 0. The fraction of sp³-hybridized carbons (Fsp3) is 0.429. The molecule has 5 heteroatoms. The second-order valence-corrected chi connectivity index (χ2v) is 4.20. The summed E-state index contributed by atoms with van der Waals surface area (Å²) in [5.74, 6) is -1.31. The van der Waals surface area contributed by atoms with Crippen molar-refractivity contribution in [1.29, 1.82) is 5.26 Å². The van der Waals surface area contributed by atoms with E-state index in [1.807, 2.05) is 6.07 Å². The number of ether oxygens (including phenoxy) is 2. The second kappa shape index (κ2) is 7.90. The Morgan fingerprint density at radius 3 is 2.21 bits per heavy atom. The first kappa shape index (κ1) is 15.6. The largest absolute Gasteiger partial charge is 0.346 e. The minimum Gasteiger partial charge on any atom is -0.346 e. The standard InChI is InChI=1S/C14H16ClNO3/c1-3-18-14(19-4-2)13(17)12(9-16)10-5-7-11(15)8-6-10/h5-8,12,14H,3-4H2,1-2H3/t12-/m1/s1. The van der Waals surface area contributed by atoms with Gasteiger partial charge in [-0.05, 0) is 31.5 Å². The maximum absolute atomic E-state index is 12.2. The lowest BCUT2D eigenvalue weighted by molar-refractivity contribution is -0.168. The Kier molecular flexibility index (Phi) is 6.51. The van der Waals surface area contributed by atoms with Crippen LogP contribution in [-0.4, -0.2) is 25.3 Å². The highest BCUT2D eigenvalue weighted by Crippen LogP contribution is 2.21. The number of carbonyl (C=O) groups excluding carboxylic acids is 1. The molecule has 0 aliphatic heterocycles. The molecule has 4 nitrogen and oxygen atoms in total. The molecule has 0 unspecified atom stereocenters. The van der Waals surface area contributed by atoms with Gasteiger partial charge in [-0.25, -0.2) is 0 Å². The highest BCUT2D eigenvalue weighted by atomic mass is 35.5. The van der Waals surface area contributed by atoms with Crippen LogP contribution in [0.1, 0.15) is 25.3 Å². The minimum absolute atomic E-state index is 0.342. The average Bonchev–Trinajstić information content (AvgIpc) is 2.41. The predicted octanol–water partition coefficient (Wildman–Crippen LogP) is 2.92. The van der Waals surface area contributed by atoms with E-state index in [9.17, 15) is 10.1 Å². The predicted molar refractivity (Wildman–Crippen MR) is 71.9 cm³/mol. The van der Waals surface area contributed by atoms with Gasteiger partial charge in [-0.2, -0.15) is 5.26 Å². The van der Waals surface area contributed by atoms with E-state index in [1.165, 1.54) is 0 Å².